The van der Waals surface area contributed by atoms with Gasteiger partial charge in [-0.15, -0.1) is 0 Å². The highest BCUT2D eigenvalue weighted by Crippen LogP contribution is 2.28. The van der Waals surface area contributed by atoms with Crippen molar-refractivity contribution in [2.45, 2.75) is 29.9 Å². The Kier molecular flexibility index (Phi) is 3.56. The van der Waals surface area contributed by atoms with Crippen molar-refractivity contribution in [3.63, 3.8) is 0 Å². The van der Waals surface area contributed by atoms with Gasteiger partial charge in [-0.3, -0.25) is 4.98 Å². The highest BCUT2D eigenvalue weighted by atomic mass is 32.2. The van der Waals surface area contributed by atoms with Crippen LogP contribution >= 0.6 is 0 Å². The number of rotatable bonds is 4. The smallest absolute Gasteiger partial charge is 0.242 e. The molecule has 1 saturated carbocycles. The Balaban J connectivity index is 1.94. The molecule has 6 nitrogen and oxygen atoms in total. The number of methoxy groups -OCH3 is 1. The second-order valence-corrected chi connectivity index (χ2v) is 6.88. The van der Waals surface area contributed by atoms with Gasteiger partial charge in [-0.25, -0.2) is 13.1 Å². The minimum absolute atomic E-state index is 0.0868. The number of fused-ring (bicyclic) bond motifs is 1. The second-order valence-electron chi connectivity index (χ2n) is 5.20. The molecule has 3 rings (SSSR count). The number of anilines is 1. The Morgan fingerprint density at radius 2 is 2.10 bits per heavy atom. The predicted molar refractivity (Wildman–Crippen MR) is 80.3 cm³/mol. The maximum atomic E-state index is 12.5. The van der Waals surface area contributed by atoms with Gasteiger partial charge in [0.05, 0.1) is 11.6 Å². The molecule has 0 saturated heterocycles. The molecule has 1 aliphatic carbocycles. The molecule has 0 aliphatic heterocycles. The SMILES string of the molecule is COC1CC(NS(=O)(=O)c2ccc(N)c3cccnc23)C1. The van der Waals surface area contributed by atoms with Crippen LogP contribution in [0.2, 0.25) is 0 Å². The van der Waals surface area contributed by atoms with Gasteiger partial charge >= 0.3 is 0 Å². The van der Waals surface area contributed by atoms with Crippen LogP contribution in [0.5, 0.6) is 0 Å². The van der Waals surface area contributed by atoms with Crippen LogP contribution in [-0.2, 0) is 14.8 Å². The molecule has 1 aromatic heterocycles. The fourth-order valence-corrected chi connectivity index (χ4v) is 3.95. The van der Waals surface area contributed by atoms with Crippen molar-refractivity contribution in [2.75, 3.05) is 12.8 Å². The van der Waals surface area contributed by atoms with E-state index in [0.29, 0.717) is 29.4 Å². The lowest BCUT2D eigenvalue weighted by atomic mass is 9.90. The third-order valence-electron chi connectivity index (χ3n) is 3.81. The molecule has 0 radical (unpaired) electrons. The van der Waals surface area contributed by atoms with E-state index in [1.54, 1.807) is 31.5 Å². The van der Waals surface area contributed by atoms with Crippen molar-refractivity contribution >= 4 is 26.6 Å². The van der Waals surface area contributed by atoms with Crippen molar-refractivity contribution in [2.24, 2.45) is 0 Å². The summed E-state index contributed by atoms with van der Waals surface area (Å²) in [5.41, 5.74) is 6.78. The van der Waals surface area contributed by atoms with Crippen molar-refractivity contribution in [3.05, 3.63) is 30.5 Å². The summed E-state index contributed by atoms with van der Waals surface area (Å²) in [5.74, 6) is 0. The molecule has 0 atom stereocenters. The van der Waals surface area contributed by atoms with Crippen LogP contribution in [0.1, 0.15) is 12.8 Å². The molecular formula is C14H17N3O3S. The number of ether oxygens (including phenoxy) is 1. The summed E-state index contributed by atoms with van der Waals surface area (Å²) in [6.07, 6.45) is 3.08. The third-order valence-corrected chi connectivity index (χ3v) is 5.36. The first kappa shape index (κ1) is 14.2. The van der Waals surface area contributed by atoms with Crippen LogP contribution in [0, 0.1) is 0 Å². The number of sulfonamides is 1. The van der Waals surface area contributed by atoms with Crippen LogP contribution in [0.3, 0.4) is 0 Å². The van der Waals surface area contributed by atoms with Gasteiger partial charge in [0.15, 0.2) is 0 Å². The number of nitrogens with zero attached hydrogens (tertiary/aromatic N) is 1. The zero-order chi connectivity index (χ0) is 15.0. The molecule has 3 N–H and O–H groups in total. The van der Waals surface area contributed by atoms with Crippen LogP contribution < -0.4 is 10.5 Å². The zero-order valence-corrected chi connectivity index (χ0v) is 12.4. The molecule has 0 spiro atoms. The fraction of sp³-hybridized carbons (Fsp3) is 0.357. The molecule has 1 heterocycles. The van der Waals surface area contributed by atoms with E-state index in [4.69, 9.17) is 10.5 Å². The Bertz CT molecular complexity index is 770. The van der Waals surface area contributed by atoms with Crippen LogP contribution in [-0.4, -0.2) is 32.7 Å². The van der Waals surface area contributed by atoms with Crippen LogP contribution in [0.4, 0.5) is 5.69 Å². The standard InChI is InChI=1S/C14H17N3O3S/c1-20-10-7-9(8-10)17-21(18,19)13-5-4-12(15)11-3-2-6-16-14(11)13/h2-6,9-10,17H,7-8,15H2,1H3. The average molecular weight is 307 g/mol. The first-order valence-electron chi connectivity index (χ1n) is 6.69. The lowest BCUT2D eigenvalue weighted by Crippen LogP contribution is -2.47. The molecule has 0 unspecified atom stereocenters. The number of aromatic nitrogens is 1. The normalized spacial score (nSPS) is 22.1. The summed E-state index contributed by atoms with van der Waals surface area (Å²) in [7, 11) is -1.99. The maximum Gasteiger partial charge on any atom is 0.242 e. The van der Waals surface area contributed by atoms with Gasteiger partial charge < -0.3 is 10.5 Å². The molecule has 21 heavy (non-hydrogen) atoms. The number of nitrogen functional groups attached to an aromatic ring is 1. The van der Waals surface area contributed by atoms with Gasteiger partial charge in [-0.2, -0.15) is 0 Å². The van der Waals surface area contributed by atoms with Crippen molar-refractivity contribution in [3.8, 4) is 0 Å². The fourth-order valence-electron chi connectivity index (χ4n) is 2.52. The molecule has 0 bridgehead atoms. The molecule has 2 aromatic rings. The van der Waals surface area contributed by atoms with Gasteiger partial charge in [-0.05, 0) is 37.1 Å². The van der Waals surface area contributed by atoms with Gasteiger partial charge in [0.2, 0.25) is 10.0 Å². The van der Waals surface area contributed by atoms with Crippen LogP contribution in [0.15, 0.2) is 35.4 Å². The molecule has 1 aromatic carbocycles. The number of benzene rings is 1. The van der Waals surface area contributed by atoms with Crippen molar-refractivity contribution in [1.29, 1.82) is 0 Å². The van der Waals surface area contributed by atoms with Gasteiger partial charge in [0, 0.05) is 30.4 Å². The topological polar surface area (TPSA) is 94.3 Å². The summed E-state index contributed by atoms with van der Waals surface area (Å²) >= 11 is 0. The van der Waals surface area contributed by atoms with E-state index in [1.165, 1.54) is 6.07 Å². The molecular weight excluding hydrogens is 290 g/mol. The minimum Gasteiger partial charge on any atom is -0.398 e. The summed E-state index contributed by atoms with van der Waals surface area (Å²) in [5, 5.41) is 0.642. The molecule has 1 fully saturated rings. The first-order chi connectivity index (χ1) is 10.0. The number of hydrogen-bond acceptors (Lipinski definition) is 5. The van der Waals surface area contributed by atoms with Crippen LogP contribution in [0.25, 0.3) is 10.9 Å². The third kappa shape index (κ3) is 2.59. The quantitative estimate of drug-likeness (QED) is 0.830. The van der Waals surface area contributed by atoms with E-state index in [-0.39, 0.29) is 17.0 Å². The molecule has 1 aliphatic rings. The second kappa shape index (κ2) is 5.25. The Labute approximate surface area is 123 Å². The Morgan fingerprint density at radius 1 is 1.33 bits per heavy atom. The Hall–Kier alpha value is -1.70. The van der Waals surface area contributed by atoms with E-state index in [0.717, 1.165) is 0 Å². The molecule has 7 heteroatoms. The van der Waals surface area contributed by atoms with Crippen molar-refractivity contribution < 1.29 is 13.2 Å². The summed E-state index contributed by atoms with van der Waals surface area (Å²) < 4.78 is 32.9. The number of nitrogens with two attached hydrogens (primary N) is 1. The summed E-state index contributed by atoms with van der Waals surface area (Å²) in [6.45, 7) is 0. The summed E-state index contributed by atoms with van der Waals surface area (Å²) in [6, 6.07) is 6.51. The lowest BCUT2D eigenvalue weighted by molar-refractivity contribution is 0.0236. The number of nitrogens with one attached hydrogen (secondary N) is 1. The minimum atomic E-state index is -3.62. The van der Waals surface area contributed by atoms with E-state index in [2.05, 4.69) is 9.71 Å². The van der Waals surface area contributed by atoms with E-state index in [9.17, 15) is 8.42 Å². The van der Waals surface area contributed by atoms with Gasteiger partial charge in [0.25, 0.3) is 0 Å². The monoisotopic (exact) mass is 307 g/mol. The van der Waals surface area contributed by atoms with Gasteiger partial charge in [0.1, 0.15) is 4.90 Å². The molecule has 0 amide bonds. The van der Waals surface area contributed by atoms with Gasteiger partial charge in [-0.1, -0.05) is 0 Å². The van der Waals surface area contributed by atoms with Crippen molar-refractivity contribution in [1.82, 2.24) is 9.71 Å². The van der Waals surface area contributed by atoms with E-state index < -0.39 is 10.0 Å². The Morgan fingerprint density at radius 3 is 2.81 bits per heavy atom. The molecule has 112 valence electrons. The van der Waals surface area contributed by atoms with E-state index in [1.807, 2.05) is 0 Å². The number of pyridine rings is 1. The predicted octanol–water partition coefficient (Wildman–Crippen LogP) is 1.27. The number of hydrogen-bond donors (Lipinski definition) is 2. The highest BCUT2D eigenvalue weighted by Gasteiger charge is 2.33. The first-order valence-corrected chi connectivity index (χ1v) is 8.18. The summed E-state index contributed by atoms with van der Waals surface area (Å²) in [4.78, 5) is 4.33. The maximum absolute atomic E-state index is 12.5. The lowest BCUT2D eigenvalue weighted by Gasteiger charge is -2.34. The largest absolute Gasteiger partial charge is 0.398 e. The highest BCUT2D eigenvalue weighted by molar-refractivity contribution is 7.89. The zero-order valence-electron chi connectivity index (χ0n) is 11.6. The van der Waals surface area contributed by atoms with E-state index >= 15 is 0 Å². The average Bonchev–Trinajstić information content (AvgIpc) is 2.43.